The molecule has 1 saturated carbocycles. The van der Waals surface area contributed by atoms with Crippen LogP contribution in [0.25, 0.3) is 20.8 Å². The lowest BCUT2D eigenvalue weighted by Crippen LogP contribution is -2.36. The number of aromatic nitrogens is 4. The molecule has 5 N–H and O–H groups in total. The van der Waals surface area contributed by atoms with Crippen molar-refractivity contribution in [2.24, 2.45) is 5.92 Å². The van der Waals surface area contributed by atoms with Gasteiger partial charge in [-0.1, -0.05) is 30.3 Å². The highest BCUT2D eigenvalue weighted by Gasteiger charge is 2.43. The van der Waals surface area contributed by atoms with Crippen LogP contribution in [-0.4, -0.2) is 66.3 Å². The molecule has 206 valence electrons. The molecule has 5 atom stereocenters. The van der Waals surface area contributed by atoms with Gasteiger partial charge in [0.25, 0.3) is 0 Å². The Labute approximate surface area is 225 Å². The number of aliphatic hydroxyl groups excluding tert-OH is 3. The largest absolute Gasteiger partial charge is 0.412 e. The first kappa shape index (κ1) is 27.2. The van der Waals surface area contributed by atoms with E-state index in [1.165, 1.54) is 35.6 Å². The van der Waals surface area contributed by atoms with E-state index in [-0.39, 0.29) is 30.4 Å². The Morgan fingerprint density at radius 3 is 2.41 bits per heavy atom. The highest BCUT2D eigenvalue weighted by Crippen LogP contribution is 2.40. The van der Waals surface area contributed by atoms with Crippen molar-refractivity contribution in [3.63, 3.8) is 0 Å². The zero-order valence-corrected chi connectivity index (χ0v) is 21.8. The van der Waals surface area contributed by atoms with Crippen molar-refractivity contribution in [3.05, 3.63) is 59.5 Å². The van der Waals surface area contributed by atoms with Gasteiger partial charge in [0, 0.05) is 18.7 Å². The van der Waals surface area contributed by atoms with Gasteiger partial charge in [-0.3, -0.25) is 4.98 Å². The van der Waals surface area contributed by atoms with Crippen LogP contribution in [0.1, 0.15) is 29.4 Å². The number of thiazole rings is 1. The van der Waals surface area contributed by atoms with Gasteiger partial charge in [0.1, 0.15) is 22.4 Å². The predicted octanol–water partition coefficient (Wildman–Crippen LogP) is 4.00. The second kappa shape index (κ2) is 10.6. The van der Waals surface area contributed by atoms with Crippen LogP contribution in [0, 0.1) is 19.8 Å². The number of anilines is 2. The lowest BCUT2D eigenvalue weighted by molar-refractivity contribution is -0.144. The molecule has 0 amide bonds. The molecule has 13 heteroatoms. The van der Waals surface area contributed by atoms with Gasteiger partial charge in [-0.2, -0.15) is 18.2 Å². The van der Waals surface area contributed by atoms with Crippen LogP contribution in [-0.2, 0) is 0 Å². The second-order valence-corrected chi connectivity index (χ2v) is 10.6. The first-order chi connectivity index (χ1) is 18.6. The quantitative estimate of drug-likeness (QED) is 0.227. The molecule has 3 heterocycles. The van der Waals surface area contributed by atoms with Gasteiger partial charge >= 0.3 is 6.18 Å². The molecule has 3 aromatic heterocycles. The highest BCUT2D eigenvalue weighted by atomic mass is 32.1. The third-order valence-corrected chi connectivity index (χ3v) is 7.92. The monoisotopic (exact) mass is 560 g/mol. The SMILES string of the molecule is Cc1nc(N[C@@H](c2ccccc2)C(F)(F)F)nc(NC2C[C@H](CO)[C@@H](O)[C@H]2O)c1-c1nc2c(C)nccc2s1. The molecule has 1 aliphatic rings. The molecule has 9 nitrogen and oxygen atoms in total. The summed E-state index contributed by atoms with van der Waals surface area (Å²) in [7, 11) is 0. The Kier molecular flexibility index (Phi) is 7.42. The third kappa shape index (κ3) is 5.39. The number of hydrogen-bond donors (Lipinski definition) is 5. The Balaban J connectivity index is 1.59. The molecule has 39 heavy (non-hydrogen) atoms. The van der Waals surface area contributed by atoms with Gasteiger partial charge in [-0.05, 0) is 31.9 Å². The molecule has 1 aliphatic carbocycles. The van der Waals surface area contributed by atoms with E-state index >= 15 is 0 Å². The summed E-state index contributed by atoms with van der Waals surface area (Å²) in [5, 5.41) is 36.6. The zero-order valence-electron chi connectivity index (χ0n) is 21.0. The van der Waals surface area contributed by atoms with Crippen molar-refractivity contribution in [1.82, 2.24) is 19.9 Å². The summed E-state index contributed by atoms with van der Waals surface area (Å²) in [5.74, 6) is -0.681. The minimum atomic E-state index is -4.64. The highest BCUT2D eigenvalue weighted by molar-refractivity contribution is 7.21. The van der Waals surface area contributed by atoms with E-state index in [2.05, 4.69) is 25.6 Å². The number of fused-ring (bicyclic) bond motifs is 1. The molecule has 4 aromatic rings. The van der Waals surface area contributed by atoms with Crippen molar-refractivity contribution in [2.45, 2.75) is 50.7 Å². The summed E-state index contributed by atoms with van der Waals surface area (Å²) in [6.07, 6.45) is -5.14. The minimum absolute atomic E-state index is 0.000822. The van der Waals surface area contributed by atoms with Gasteiger partial charge in [0.2, 0.25) is 5.95 Å². The van der Waals surface area contributed by atoms with Gasteiger partial charge in [-0.25, -0.2) is 9.97 Å². The molecule has 0 radical (unpaired) electrons. The first-order valence-corrected chi connectivity index (χ1v) is 13.1. The van der Waals surface area contributed by atoms with Crippen molar-refractivity contribution in [3.8, 4) is 10.6 Å². The first-order valence-electron chi connectivity index (χ1n) is 12.3. The van der Waals surface area contributed by atoms with Crippen LogP contribution in [0.15, 0.2) is 42.6 Å². The number of aliphatic hydroxyl groups is 3. The maximum absolute atomic E-state index is 14.1. The standard InChI is InChI=1S/C26H27F3N6O3S/c1-12-18(24-33-19-13(2)30-9-8-17(19)39-24)23(32-16-10-15(11-36)20(37)21(16)38)35-25(31-12)34-22(26(27,28)29)14-6-4-3-5-7-14/h3-9,15-16,20-22,36-38H,10-11H2,1-2H3,(H2,31,32,34,35)/t15-,16?,20-,21+,22+/m1/s1. The molecule has 0 spiro atoms. The van der Waals surface area contributed by atoms with Crippen LogP contribution in [0.5, 0.6) is 0 Å². The van der Waals surface area contributed by atoms with Crippen molar-refractivity contribution in [2.75, 3.05) is 17.2 Å². The molecule has 0 bridgehead atoms. The lowest BCUT2D eigenvalue weighted by Gasteiger charge is -2.24. The van der Waals surface area contributed by atoms with Crippen molar-refractivity contribution >= 4 is 33.3 Å². The average molecular weight is 561 g/mol. The third-order valence-electron chi connectivity index (χ3n) is 6.89. The smallest absolute Gasteiger partial charge is 0.396 e. The van der Waals surface area contributed by atoms with Crippen LogP contribution in [0.3, 0.4) is 0 Å². The molecular formula is C26H27F3N6O3S. The number of alkyl halides is 3. The van der Waals surface area contributed by atoms with Crippen molar-refractivity contribution < 1.29 is 28.5 Å². The number of pyridine rings is 1. The fourth-order valence-corrected chi connectivity index (χ4v) is 5.95. The molecule has 1 unspecified atom stereocenters. The van der Waals surface area contributed by atoms with Gasteiger partial charge in [0.05, 0.1) is 33.8 Å². The number of nitrogens with one attached hydrogen (secondary N) is 2. The van der Waals surface area contributed by atoms with E-state index in [4.69, 9.17) is 4.98 Å². The summed E-state index contributed by atoms with van der Waals surface area (Å²) in [6, 6.07) is 6.44. The second-order valence-electron chi connectivity index (χ2n) is 9.56. The number of halogens is 3. The van der Waals surface area contributed by atoms with Gasteiger partial charge in [0.15, 0.2) is 6.04 Å². The Hall–Kier alpha value is -3.39. The molecule has 0 aliphatic heterocycles. The molecular weight excluding hydrogens is 533 g/mol. The maximum atomic E-state index is 14.1. The van der Waals surface area contributed by atoms with Crippen LogP contribution >= 0.6 is 11.3 Å². The predicted molar refractivity (Wildman–Crippen MR) is 141 cm³/mol. The summed E-state index contributed by atoms with van der Waals surface area (Å²) in [5.41, 5.74) is 2.22. The summed E-state index contributed by atoms with van der Waals surface area (Å²) in [6.45, 7) is 3.15. The number of aryl methyl sites for hydroxylation is 2. The average Bonchev–Trinajstić information content (AvgIpc) is 3.44. The van der Waals surface area contributed by atoms with Gasteiger partial charge < -0.3 is 26.0 Å². The van der Waals surface area contributed by atoms with Crippen molar-refractivity contribution in [1.29, 1.82) is 0 Å². The molecule has 5 rings (SSSR count). The van der Waals surface area contributed by atoms with E-state index < -0.39 is 36.4 Å². The minimum Gasteiger partial charge on any atom is -0.396 e. The number of hydrogen-bond acceptors (Lipinski definition) is 10. The summed E-state index contributed by atoms with van der Waals surface area (Å²) in [4.78, 5) is 17.8. The van der Waals surface area contributed by atoms with E-state index in [0.29, 0.717) is 21.8 Å². The number of nitrogens with zero attached hydrogens (tertiary/aromatic N) is 4. The normalized spacial score (nSPS) is 22.3. The van der Waals surface area contributed by atoms with E-state index in [1.807, 2.05) is 13.0 Å². The van der Waals surface area contributed by atoms with Crippen LogP contribution in [0.2, 0.25) is 0 Å². The molecule has 0 saturated heterocycles. The Morgan fingerprint density at radius 2 is 1.77 bits per heavy atom. The van der Waals surface area contributed by atoms with Crippen LogP contribution < -0.4 is 10.6 Å². The maximum Gasteiger partial charge on any atom is 0.412 e. The van der Waals surface area contributed by atoms with Gasteiger partial charge in [-0.15, -0.1) is 11.3 Å². The fraction of sp³-hybridized carbons (Fsp3) is 0.385. The molecule has 1 fully saturated rings. The Morgan fingerprint density at radius 1 is 1.03 bits per heavy atom. The number of rotatable bonds is 7. The summed E-state index contributed by atoms with van der Waals surface area (Å²) < 4.78 is 43.1. The fourth-order valence-electron chi connectivity index (χ4n) is 4.84. The molecule has 1 aromatic carbocycles. The van der Waals surface area contributed by atoms with E-state index in [1.54, 1.807) is 19.2 Å². The van der Waals surface area contributed by atoms with E-state index in [9.17, 15) is 28.5 Å². The zero-order chi connectivity index (χ0) is 27.9. The Bertz CT molecular complexity index is 1470. The van der Waals surface area contributed by atoms with Crippen LogP contribution in [0.4, 0.5) is 24.9 Å². The summed E-state index contributed by atoms with van der Waals surface area (Å²) >= 11 is 1.35. The topological polar surface area (TPSA) is 136 Å². The van der Waals surface area contributed by atoms with E-state index in [0.717, 1.165) is 10.4 Å². The number of benzene rings is 1. The lowest BCUT2D eigenvalue weighted by atomic mass is 10.1.